The molecule has 9 heteroatoms. The number of halogens is 1. The maximum Gasteiger partial charge on any atom is 0.328 e. The first-order valence-corrected chi connectivity index (χ1v) is 9.27. The Balaban J connectivity index is 2.28. The van der Waals surface area contributed by atoms with Crippen LogP contribution in [0.5, 0.6) is 0 Å². The number of esters is 1. The van der Waals surface area contributed by atoms with Crippen LogP contribution in [0.4, 0.5) is 0 Å². The zero-order chi connectivity index (χ0) is 17.9. The molecule has 1 saturated heterocycles. The summed E-state index contributed by atoms with van der Waals surface area (Å²) >= 11 is 6.03. The fourth-order valence-corrected chi connectivity index (χ4v) is 4.44. The van der Waals surface area contributed by atoms with E-state index in [0.717, 1.165) is 12.8 Å². The molecule has 1 heterocycles. The number of carbonyl (C=O) groups excluding carboxylic acids is 2. The molecule has 0 spiro atoms. The molecular formula is C15H19ClN2O5S. The summed E-state index contributed by atoms with van der Waals surface area (Å²) in [5.74, 6) is -1.18. The van der Waals surface area contributed by atoms with Crippen molar-refractivity contribution in [3.05, 3.63) is 28.8 Å². The number of rotatable bonds is 5. The third-order valence-corrected chi connectivity index (χ3v) is 6.16. The molecule has 0 aliphatic carbocycles. The summed E-state index contributed by atoms with van der Waals surface area (Å²) in [6.45, 7) is 2.35. The van der Waals surface area contributed by atoms with Crippen molar-refractivity contribution < 1.29 is 22.7 Å². The van der Waals surface area contributed by atoms with Gasteiger partial charge in [0.2, 0.25) is 10.0 Å². The van der Waals surface area contributed by atoms with Crippen molar-refractivity contribution in [2.24, 2.45) is 0 Å². The second kappa shape index (κ2) is 7.50. The fraction of sp³-hybridized carbons (Fsp3) is 0.467. The van der Waals surface area contributed by atoms with Crippen LogP contribution in [0.3, 0.4) is 0 Å². The van der Waals surface area contributed by atoms with Gasteiger partial charge in [-0.25, -0.2) is 13.2 Å². The number of amides is 1. The Hall–Kier alpha value is -1.64. The molecule has 0 saturated carbocycles. The van der Waals surface area contributed by atoms with Crippen LogP contribution < -0.4 is 5.32 Å². The molecule has 1 aromatic carbocycles. The lowest BCUT2D eigenvalue weighted by Gasteiger charge is -2.17. The highest BCUT2D eigenvalue weighted by atomic mass is 35.5. The summed E-state index contributed by atoms with van der Waals surface area (Å²) in [7, 11) is -2.53. The quantitative estimate of drug-likeness (QED) is 0.787. The molecule has 132 valence electrons. The van der Waals surface area contributed by atoms with E-state index in [1.165, 1.54) is 36.5 Å². The van der Waals surface area contributed by atoms with Gasteiger partial charge in [0, 0.05) is 18.7 Å². The van der Waals surface area contributed by atoms with Gasteiger partial charge in [-0.2, -0.15) is 4.31 Å². The molecular weight excluding hydrogens is 356 g/mol. The number of ether oxygens (including phenoxy) is 1. The Kier molecular flexibility index (Phi) is 5.84. The van der Waals surface area contributed by atoms with E-state index in [-0.39, 0.29) is 15.5 Å². The van der Waals surface area contributed by atoms with Gasteiger partial charge >= 0.3 is 5.97 Å². The first-order chi connectivity index (χ1) is 11.3. The number of nitrogens with one attached hydrogen (secondary N) is 1. The first-order valence-electron chi connectivity index (χ1n) is 7.45. The van der Waals surface area contributed by atoms with E-state index in [0.29, 0.717) is 13.1 Å². The maximum atomic E-state index is 12.6. The average molecular weight is 375 g/mol. The minimum absolute atomic E-state index is 0.0551. The fourth-order valence-electron chi connectivity index (χ4n) is 2.43. The number of nitrogens with zero attached hydrogens (tertiary/aromatic N) is 1. The summed E-state index contributed by atoms with van der Waals surface area (Å²) in [5, 5.41) is 2.50. The Bertz CT molecular complexity index is 744. The predicted octanol–water partition coefficient (Wildman–Crippen LogP) is 1.42. The third-order valence-electron chi connectivity index (χ3n) is 3.78. The normalized spacial score (nSPS) is 16.6. The monoisotopic (exact) mass is 374 g/mol. The van der Waals surface area contributed by atoms with Gasteiger partial charge in [0.25, 0.3) is 5.91 Å². The number of hydrogen-bond donors (Lipinski definition) is 1. The smallest absolute Gasteiger partial charge is 0.328 e. The number of methoxy groups -OCH3 is 1. The Morgan fingerprint density at radius 3 is 2.50 bits per heavy atom. The molecule has 1 N–H and O–H groups in total. The van der Waals surface area contributed by atoms with Crippen LogP contribution in [0.1, 0.15) is 30.1 Å². The van der Waals surface area contributed by atoms with Crippen molar-refractivity contribution >= 4 is 33.5 Å². The molecule has 1 amide bonds. The summed E-state index contributed by atoms with van der Waals surface area (Å²) in [6, 6.07) is 3.15. The molecule has 7 nitrogen and oxygen atoms in total. The van der Waals surface area contributed by atoms with Crippen LogP contribution in [0, 0.1) is 0 Å². The first kappa shape index (κ1) is 18.7. The van der Waals surface area contributed by atoms with E-state index in [1.54, 1.807) is 0 Å². The number of carbonyl (C=O) groups is 2. The van der Waals surface area contributed by atoms with E-state index in [9.17, 15) is 18.0 Å². The molecule has 1 unspecified atom stereocenters. The summed E-state index contributed by atoms with van der Waals surface area (Å²) in [6.07, 6.45) is 1.60. The van der Waals surface area contributed by atoms with Crippen molar-refractivity contribution in [3.63, 3.8) is 0 Å². The minimum atomic E-state index is -3.75. The molecule has 1 atom stereocenters. The molecule has 0 bridgehead atoms. The Labute approximate surface area is 146 Å². The minimum Gasteiger partial charge on any atom is -0.467 e. The highest BCUT2D eigenvalue weighted by Crippen LogP contribution is 2.28. The van der Waals surface area contributed by atoms with Crippen LogP contribution in [-0.4, -0.2) is 50.8 Å². The zero-order valence-electron chi connectivity index (χ0n) is 13.4. The lowest BCUT2D eigenvalue weighted by Crippen LogP contribution is -2.39. The largest absolute Gasteiger partial charge is 0.467 e. The SMILES string of the molecule is COC(=O)C(C)NC(=O)c1ccc(Cl)c(S(=O)(=O)N2CCCC2)c1. The number of hydrogen-bond acceptors (Lipinski definition) is 5. The molecule has 0 aromatic heterocycles. The van der Waals surface area contributed by atoms with Crippen molar-refractivity contribution in [1.29, 1.82) is 0 Å². The molecule has 0 radical (unpaired) electrons. The lowest BCUT2D eigenvalue weighted by atomic mass is 10.2. The predicted molar refractivity (Wildman–Crippen MR) is 88.4 cm³/mol. The highest BCUT2D eigenvalue weighted by Gasteiger charge is 2.30. The molecule has 24 heavy (non-hydrogen) atoms. The van der Waals surface area contributed by atoms with Gasteiger partial charge in [0.05, 0.1) is 12.1 Å². The summed E-state index contributed by atoms with van der Waals surface area (Å²) < 4.78 is 31.2. The highest BCUT2D eigenvalue weighted by molar-refractivity contribution is 7.89. The van der Waals surface area contributed by atoms with Crippen molar-refractivity contribution in [2.45, 2.75) is 30.7 Å². The average Bonchev–Trinajstić information content (AvgIpc) is 3.09. The van der Waals surface area contributed by atoms with Crippen molar-refractivity contribution in [1.82, 2.24) is 9.62 Å². The summed E-state index contributed by atoms with van der Waals surface area (Å²) in [5.41, 5.74) is 0.105. The number of benzene rings is 1. The van der Waals surface area contributed by atoms with Crippen LogP contribution in [0.15, 0.2) is 23.1 Å². The molecule has 1 aromatic rings. The molecule has 2 rings (SSSR count). The van der Waals surface area contributed by atoms with Gasteiger partial charge in [-0.15, -0.1) is 0 Å². The van der Waals surface area contributed by atoms with Gasteiger partial charge in [-0.3, -0.25) is 4.79 Å². The topological polar surface area (TPSA) is 92.8 Å². The van der Waals surface area contributed by atoms with E-state index >= 15 is 0 Å². The Morgan fingerprint density at radius 1 is 1.29 bits per heavy atom. The second-order valence-corrected chi connectivity index (χ2v) is 7.79. The van der Waals surface area contributed by atoms with E-state index in [1.807, 2.05) is 0 Å². The third kappa shape index (κ3) is 3.88. The second-order valence-electron chi connectivity index (χ2n) is 5.47. The van der Waals surface area contributed by atoms with Crippen LogP contribution in [-0.2, 0) is 19.6 Å². The molecule has 1 fully saturated rings. The Morgan fingerprint density at radius 2 is 1.92 bits per heavy atom. The van der Waals surface area contributed by atoms with Gasteiger partial charge in [-0.05, 0) is 38.0 Å². The van der Waals surface area contributed by atoms with Gasteiger partial charge in [0.15, 0.2) is 0 Å². The van der Waals surface area contributed by atoms with Gasteiger partial charge in [-0.1, -0.05) is 11.6 Å². The lowest BCUT2D eigenvalue weighted by molar-refractivity contribution is -0.142. The standard InChI is InChI=1S/C15H19ClN2O5S/c1-10(15(20)23-2)17-14(19)11-5-6-12(16)13(9-11)24(21,22)18-7-3-4-8-18/h5-6,9-10H,3-4,7-8H2,1-2H3,(H,17,19). The molecule has 1 aliphatic rings. The van der Waals surface area contributed by atoms with Crippen LogP contribution in [0.2, 0.25) is 5.02 Å². The van der Waals surface area contributed by atoms with Gasteiger partial charge < -0.3 is 10.1 Å². The van der Waals surface area contributed by atoms with E-state index in [4.69, 9.17) is 11.6 Å². The number of sulfonamides is 1. The zero-order valence-corrected chi connectivity index (χ0v) is 15.0. The van der Waals surface area contributed by atoms with Crippen molar-refractivity contribution in [2.75, 3.05) is 20.2 Å². The molecule has 1 aliphatic heterocycles. The maximum absolute atomic E-state index is 12.6. The van der Waals surface area contributed by atoms with E-state index in [2.05, 4.69) is 10.1 Å². The summed E-state index contributed by atoms with van der Waals surface area (Å²) in [4.78, 5) is 23.5. The van der Waals surface area contributed by atoms with E-state index < -0.39 is 27.9 Å². The van der Waals surface area contributed by atoms with Crippen LogP contribution >= 0.6 is 11.6 Å². The van der Waals surface area contributed by atoms with Gasteiger partial charge in [0.1, 0.15) is 10.9 Å². The van der Waals surface area contributed by atoms with Crippen molar-refractivity contribution in [3.8, 4) is 0 Å². The van der Waals surface area contributed by atoms with Crippen LogP contribution in [0.25, 0.3) is 0 Å².